The molecule has 104 valence electrons. The van der Waals surface area contributed by atoms with Crippen molar-refractivity contribution in [2.45, 2.75) is 32.4 Å². The van der Waals surface area contributed by atoms with Crippen molar-refractivity contribution in [3.63, 3.8) is 0 Å². The van der Waals surface area contributed by atoms with Crippen molar-refractivity contribution in [2.24, 2.45) is 10.7 Å². The lowest BCUT2D eigenvalue weighted by atomic mass is 9.98. The number of hydrogen-bond donors (Lipinski definition) is 2. The molecule has 1 aliphatic rings. The number of nitrogens with one attached hydrogen (secondary N) is 1. The second kappa shape index (κ2) is 6.57. The van der Waals surface area contributed by atoms with Crippen molar-refractivity contribution in [3.8, 4) is 0 Å². The van der Waals surface area contributed by atoms with Gasteiger partial charge in [-0.05, 0) is 24.0 Å². The maximum Gasteiger partial charge on any atom is 0.188 e. The Morgan fingerprint density at radius 2 is 2.16 bits per heavy atom. The number of rotatable bonds is 4. The van der Waals surface area contributed by atoms with E-state index >= 15 is 0 Å². The molecule has 0 saturated carbocycles. The van der Waals surface area contributed by atoms with Crippen molar-refractivity contribution in [2.75, 3.05) is 20.1 Å². The van der Waals surface area contributed by atoms with Gasteiger partial charge in [0, 0.05) is 32.7 Å². The molecular weight excluding hydrogens is 236 g/mol. The van der Waals surface area contributed by atoms with Crippen LogP contribution >= 0.6 is 0 Å². The molecule has 0 fully saturated rings. The fourth-order valence-electron chi connectivity index (χ4n) is 2.66. The van der Waals surface area contributed by atoms with Gasteiger partial charge in [-0.1, -0.05) is 31.2 Å². The maximum atomic E-state index is 5.70. The lowest BCUT2D eigenvalue weighted by Crippen LogP contribution is -2.47. The monoisotopic (exact) mass is 260 g/mol. The molecular formula is C15H24N4. The molecule has 0 spiro atoms. The summed E-state index contributed by atoms with van der Waals surface area (Å²) in [5.74, 6) is 0.524. The highest BCUT2D eigenvalue weighted by atomic mass is 15.2. The van der Waals surface area contributed by atoms with E-state index in [0.717, 1.165) is 32.5 Å². The largest absolute Gasteiger partial charge is 0.370 e. The van der Waals surface area contributed by atoms with Crippen molar-refractivity contribution in [1.29, 1.82) is 0 Å². The molecule has 0 aromatic heterocycles. The molecule has 1 aliphatic heterocycles. The zero-order chi connectivity index (χ0) is 13.7. The van der Waals surface area contributed by atoms with Crippen LogP contribution in [0.2, 0.25) is 0 Å². The Morgan fingerprint density at radius 1 is 1.42 bits per heavy atom. The average molecular weight is 260 g/mol. The third-order valence-corrected chi connectivity index (χ3v) is 3.91. The predicted molar refractivity (Wildman–Crippen MR) is 80.2 cm³/mol. The lowest BCUT2D eigenvalue weighted by molar-refractivity contribution is 0.174. The molecule has 0 bridgehead atoms. The van der Waals surface area contributed by atoms with E-state index in [1.54, 1.807) is 7.05 Å². The summed E-state index contributed by atoms with van der Waals surface area (Å²) in [4.78, 5) is 6.48. The van der Waals surface area contributed by atoms with E-state index in [0.29, 0.717) is 12.0 Å². The maximum absolute atomic E-state index is 5.70. The molecule has 0 unspecified atom stereocenters. The van der Waals surface area contributed by atoms with Gasteiger partial charge in [0.25, 0.3) is 0 Å². The lowest BCUT2D eigenvalue weighted by Gasteiger charge is -2.35. The van der Waals surface area contributed by atoms with Crippen LogP contribution in [0.25, 0.3) is 0 Å². The number of hydrogen-bond acceptors (Lipinski definition) is 2. The van der Waals surface area contributed by atoms with Crippen LogP contribution in [0.3, 0.4) is 0 Å². The second-order valence-electron chi connectivity index (χ2n) is 5.04. The molecule has 1 heterocycles. The van der Waals surface area contributed by atoms with Crippen molar-refractivity contribution in [1.82, 2.24) is 10.2 Å². The molecule has 0 saturated heterocycles. The summed E-state index contributed by atoms with van der Waals surface area (Å²) >= 11 is 0. The zero-order valence-corrected chi connectivity index (χ0v) is 11.9. The quantitative estimate of drug-likeness (QED) is 0.635. The van der Waals surface area contributed by atoms with Crippen molar-refractivity contribution in [3.05, 3.63) is 35.4 Å². The fraction of sp³-hybridized carbons (Fsp3) is 0.533. The van der Waals surface area contributed by atoms with Gasteiger partial charge < -0.3 is 11.1 Å². The molecule has 4 nitrogen and oxygen atoms in total. The van der Waals surface area contributed by atoms with Crippen LogP contribution in [-0.2, 0) is 13.0 Å². The average Bonchev–Trinajstić information content (AvgIpc) is 2.47. The van der Waals surface area contributed by atoms with Gasteiger partial charge in [-0.15, -0.1) is 0 Å². The van der Waals surface area contributed by atoms with Crippen LogP contribution in [0, 0.1) is 0 Å². The first-order valence-corrected chi connectivity index (χ1v) is 7.01. The number of guanidine groups is 1. The Hall–Kier alpha value is -1.55. The summed E-state index contributed by atoms with van der Waals surface area (Å²) < 4.78 is 0. The zero-order valence-electron chi connectivity index (χ0n) is 11.9. The van der Waals surface area contributed by atoms with E-state index in [1.165, 1.54) is 11.1 Å². The minimum absolute atomic E-state index is 0.508. The molecule has 19 heavy (non-hydrogen) atoms. The van der Waals surface area contributed by atoms with Gasteiger partial charge in [0.2, 0.25) is 0 Å². The van der Waals surface area contributed by atoms with Gasteiger partial charge in [-0.25, -0.2) is 0 Å². The Labute approximate surface area is 115 Å². The molecule has 0 amide bonds. The van der Waals surface area contributed by atoms with Crippen molar-refractivity contribution < 1.29 is 0 Å². The summed E-state index contributed by atoms with van der Waals surface area (Å²) in [6.45, 7) is 5.26. The van der Waals surface area contributed by atoms with E-state index in [-0.39, 0.29) is 0 Å². The summed E-state index contributed by atoms with van der Waals surface area (Å²) in [7, 11) is 1.71. The van der Waals surface area contributed by atoms with E-state index in [2.05, 4.69) is 46.4 Å². The SMILES string of the molecule is CC[C@H](CNC(N)=NC)N1CCc2ccccc2C1. The molecule has 0 radical (unpaired) electrons. The topological polar surface area (TPSA) is 53.6 Å². The summed E-state index contributed by atoms with van der Waals surface area (Å²) in [5, 5.41) is 3.19. The van der Waals surface area contributed by atoms with Gasteiger partial charge >= 0.3 is 0 Å². The summed E-state index contributed by atoms with van der Waals surface area (Å²) in [5.41, 5.74) is 8.66. The van der Waals surface area contributed by atoms with Gasteiger partial charge in [-0.3, -0.25) is 9.89 Å². The Morgan fingerprint density at radius 3 is 2.84 bits per heavy atom. The van der Waals surface area contributed by atoms with Crippen LogP contribution in [-0.4, -0.2) is 37.0 Å². The third kappa shape index (κ3) is 3.47. The van der Waals surface area contributed by atoms with Gasteiger partial charge in [0.15, 0.2) is 5.96 Å². The van der Waals surface area contributed by atoms with Crippen LogP contribution in [0.15, 0.2) is 29.3 Å². The molecule has 0 aliphatic carbocycles. The van der Waals surface area contributed by atoms with Crippen LogP contribution in [0.5, 0.6) is 0 Å². The minimum Gasteiger partial charge on any atom is -0.370 e. The molecule has 1 atom stereocenters. The van der Waals surface area contributed by atoms with Crippen LogP contribution < -0.4 is 11.1 Å². The first kappa shape index (κ1) is 13.9. The number of aliphatic imine (C=N–C) groups is 1. The standard InChI is InChI=1S/C15H24N4/c1-3-14(10-18-15(16)17-2)19-9-8-12-6-4-5-7-13(12)11-19/h4-7,14H,3,8-11H2,1-2H3,(H3,16,17,18)/t14-/m1/s1. The number of benzene rings is 1. The van der Waals surface area contributed by atoms with E-state index in [4.69, 9.17) is 5.73 Å². The smallest absolute Gasteiger partial charge is 0.188 e. The van der Waals surface area contributed by atoms with E-state index in [9.17, 15) is 0 Å². The highest BCUT2D eigenvalue weighted by Gasteiger charge is 2.21. The second-order valence-corrected chi connectivity index (χ2v) is 5.04. The molecule has 4 heteroatoms. The highest BCUT2D eigenvalue weighted by molar-refractivity contribution is 5.77. The minimum atomic E-state index is 0.508. The molecule has 2 rings (SSSR count). The van der Waals surface area contributed by atoms with Crippen molar-refractivity contribution >= 4 is 5.96 Å². The third-order valence-electron chi connectivity index (χ3n) is 3.91. The molecule has 1 aromatic rings. The fourth-order valence-corrected chi connectivity index (χ4v) is 2.66. The number of fused-ring (bicyclic) bond motifs is 1. The summed E-state index contributed by atoms with van der Waals surface area (Å²) in [6, 6.07) is 9.25. The molecule has 3 N–H and O–H groups in total. The normalized spacial score (nSPS) is 17.9. The molecule has 1 aromatic carbocycles. The first-order chi connectivity index (χ1) is 9.24. The van der Waals surface area contributed by atoms with Gasteiger partial charge in [0.05, 0.1) is 0 Å². The number of nitrogens with zero attached hydrogens (tertiary/aromatic N) is 2. The Balaban J connectivity index is 1.98. The first-order valence-electron chi connectivity index (χ1n) is 7.01. The highest BCUT2D eigenvalue weighted by Crippen LogP contribution is 2.20. The van der Waals surface area contributed by atoms with Gasteiger partial charge in [-0.2, -0.15) is 0 Å². The Bertz CT molecular complexity index is 442. The van der Waals surface area contributed by atoms with Crippen LogP contribution in [0.1, 0.15) is 24.5 Å². The van der Waals surface area contributed by atoms with Crippen LogP contribution in [0.4, 0.5) is 0 Å². The van der Waals surface area contributed by atoms with E-state index in [1.807, 2.05) is 0 Å². The Kier molecular flexibility index (Phi) is 4.80. The summed E-state index contributed by atoms with van der Waals surface area (Å²) in [6.07, 6.45) is 2.26. The van der Waals surface area contributed by atoms with E-state index < -0.39 is 0 Å². The predicted octanol–water partition coefficient (Wildman–Crippen LogP) is 1.36. The van der Waals surface area contributed by atoms with Gasteiger partial charge in [0.1, 0.15) is 0 Å². The number of nitrogens with two attached hydrogens (primary N) is 1.